The van der Waals surface area contributed by atoms with Gasteiger partial charge in [-0.3, -0.25) is 4.79 Å². The van der Waals surface area contributed by atoms with Gasteiger partial charge in [0.15, 0.2) is 0 Å². The van der Waals surface area contributed by atoms with Crippen LogP contribution in [-0.4, -0.2) is 32.6 Å². The molecule has 0 aromatic carbocycles. The minimum Gasteiger partial charge on any atom is -0.393 e. The Kier molecular flexibility index (Phi) is 3.53. The number of aromatic amines is 1. The van der Waals surface area contributed by atoms with E-state index in [1.807, 2.05) is 12.3 Å². The Bertz CT molecular complexity index is 786. The molecular weight excluding hydrogens is 304 g/mol. The summed E-state index contributed by atoms with van der Waals surface area (Å²) in [7, 11) is 0. The molecule has 2 saturated carbocycles. The molecule has 2 aliphatic rings. The number of aliphatic hydroxyl groups excluding tert-OH is 1. The summed E-state index contributed by atoms with van der Waals surface area (Å²) in [6.45, 7) is 2.24. The van der Waals surface area contributed by atoms with Gasteiger partial charge in [-0.2, -0.15) is 0 Å². The summed E-state index contributed by atoms with van der Waals surface area (Å²) in [6, 6.07) is 1.93. The van der Waals surface area contributed by atoms with Crippen LogP contribution in [0.2, 0.25) is 0 Å². The van der Waals surface area contributed by atoms with E-state index in [0.29, 0.717) is 17.4 Å². The first kappa shape index (κ1) is 15.4. The third-order valence-corrected chi connectivity index (χ3v) is 5.80. The van der Waals surface area contributed by atoms with Gasteiger partial charge in [0, 0.05) is 23.3 Å². The lowest BCUT2D eigenvalue weighted by Gasteiger charge is -2.50. The second-order valence-electron chi connectivity index (χ2n) is 7.67. The minimum atomic E-state index is -0.472. The average molecular weight is 328 g/mol. The lowest BCUT2D eigenvalue weighted by molar-refractivity contribution is 0.000927. The zero-order chi connectivity index (χ0) is 16.9. The molecule has 2 aromatic rings. The van der Waals surface area contributed by atoms with Crippen molar-refractivity contribution in [3.8, 4) is 0 Å². The predicted octanol–water partition coefficient (Wildman–Crippen LogP) is 2.40. The summed E-state index contributed by atoms with van der Waals surface area (Å²) >= 11 is 0. The molecule has 6 nitrogen and oxygen atoms in total. The number of carbonyl (C=O) groups excluding carboxylic acids is 1. The highest BCUT2D eigenvalue weighted by molar-refractivity contribution is 6.06. The van der Waals surface area contributed by atoms with Gasteiger partial charge >= 0.3 is 0 Å². The third-order valence-electron chi connectivity index (χ3n) is 5.80. The number of nitrogens with zero attached hydrogens (tertiary/aromatic N) is 1. The Balaban J connectivity index is 1.77. The van der Waals surface area contributed by atoms with Gasteiger partial charge in [0.1, 0.15) is 5.65 Å². The number of fused-ring (bicyclic) bond motifs is 3. The molecule has 0 spiro atoms. The van der Waals surface area contributed by atoms with E-state index in [4.69, 9.17) is 5.73 Å². The second-order valence-corrected chi connectivity index (χ2v) is 7.67. The molecule has 2 heterocycles. The Morgan fingerprint density at radius 3 is 3.12 bits per heavy atom. The number of hydrogen-bond acceptors (Lipinski definition) is 4. The summed E-state index contributed by atoms with van der Waals surface area (Å²) in [6.07, 6.45) is 7.92. The van der Waals surface area contributed by atoms with Crippen molar-refractivity contribution < 1.29 is 9.90 Å². The Morgan fingerprint density at radius 2 is 2.33 bits per heavy atom. The maximum absolute atomic E-state index is 11.9. The third kappa shape index (κ3) is 2.45. The van der Waals surface area contributed by atoms with Crippen molar-refractivity contribution in [2.45, 2.75) is 50.7 Å². The van der Waals surface area contributed by atoms with Crippen molar-refractivity contribution in [1.82, 2.24) is 9.97 Å². The van der Waals surface area contributed by atoms with Gasteiger partial charge in [-0.05, 0) is 50.0 Å². The number of anilines is 1. The highest BCUT2D eigenvalue weighted by atomic mass is 16.3. The van der Waals surface area contributed by atoms with E-state index in [-0.39, 0.29) is 11.6 Å². The van der Waals surface area contributed by atoms with Crippen LogP contribution >= 0.6 is 0 Å². The topological polar surface area (TPSA) is 104 Å². The van der Waals surface area contributed by atoms with Crippen LogP contribution < -0.4 is 11.1 Å². The van der Waals surface area contributed by atoms with Gasteiger partial charge in [-0.15, -0.1) is 0 Å². The molecule has 4 rings (SSSR count). The lowest BCUT2D eigenvalue weighted by atomic mass is 9.62. The molecule has 4 atom stereocenters. The molecule has 1 unspecified atom stereocenters. The molecular formula is C18H24N4O2. The van der Waals surface area contributed by atoms with Crippen molar-refractivity contribution in [1.29, 1.82) is 0 Å². The number of nitrogens with one attached hydrogen (secondary N) is 2. The zero-order valence-corrected chi connectivity index (χ0v) is 13.9. The molecule has 0 saturated heterocycles. The standard InChI is InChI=1S/C18H24N4O2/c1-10-6-11-8-18(7-10,4-2-14(11)23)22-15-12-3-5-20-17(12)21-9-13(15)16(19)24/h3,5,9-11,14,23H,2,4,6-8H2,1H3,(H2,19,24)(H2,20,21,22)/t10?,11-,14-,18-/m1/s1. The van der Waals surface area contributed by atoms with Gasteiger partial charge in [0.05, 0.1) is 17.4 Å². The normalized spacial score (nSPS) is 32.7. The number of aromatic nitrogens is 2. The van der Waals surface area contributed by atoms with Gasteiger partial charge in [0.25, 0.3) is 5.91 Å². The van der Waals surface area contributed by atoms with Crippen LogP contribution in [-0.2, 0) is 0 Å². The number of hydrogen-bond donors (Lipinski definition) is 4. The molecule has 5 N–H and O–H groups in total. The Morgan fingerprint density at radius 1 is 1.50 bits per heavy atom. The van der Waals surface area contributed by atoms with Crippen LogP contribution in [0.3, 0.4) is 0 Å². The van der Waals surface area contributed by atoms with Crippen molar-refractivity contribution in [2.75, 3.05) is 5.32 Å². The molecule has 6 heteroatoms. The zero-order valence-electron chi connectivity index (χ0n) is 13.9. The number of aliphatic hydroxyl groups is 1. The molecule has 0 radical (unpaired) electrons. The number of rotatable bonds is 3. The van der Waals surface area contributed by atoms with Crippen LogP contribution in [0.25, 0.3) is 11.0 Å². The maximum Gasteiger partial charge on any atom is 0.252 e. The SMILES string of the molecule is CC1C[C@@H]2C[C@@](Nc3c(C(N)=O)cnc4[nH]ccc34)(CC[C@H]2O)C1. The second kappa shape index (κ2) is 5.48. The van der Waals surface area contributed by atoms with Crippen molar-refractivity contribution in [2.24, 2.45) is 17.6 Å². The Hall–Kier alpha value is -2.08. The Labute approximate surface area is 140 Å². The van der Waals surface area contributed by atoms with E-state index in [0.717, 1.165) is 48.8 Å². The highest BCUT2D eigenvalue weighted by Crippen LogP contribution is 2.47. The van der Waals surface area contributed by atoms with E-state index >= 15 is 0 Å². The van der Waals surface area contributed by atoms with E-state index in [9.17, 15) is 9.90 Å². The first-order valence-electron chi connectivity index (χ1n) is 8.69. The van der Waals surface area contributed by atoms with Crippen LogP contribution in [0.5, 0.6) is 0 Å². The van der Waals surface area contributed by atoms with E-state index in [1.54, 1.807) is 6.20 Å². The van der Waals surface area contributed by atoms with E-state index < -0.39 is 5.91 Å². The smallest absolute Gasteiger partial charge is 0.252 e. The molecule has 2 aromatic heterocycles. The summed E-state index contributed by atoms with van der Waals surface area (Å²) in [5.74, 6) is 0.406. The van der Waals surface area contributed by atoms with Crippen LogP contribution in [0, 0.1) is 11.8 Å². The van der Waals surface area contributed by atoms with Crippen LogP contribution in [0.1, 0.15) is 49.4 Å². The fourth-order valence-electron chi connectivity index (χ4n) is 4.85. The van der Waals surface area contributed by atoms with Crippen molar-refractivity contribution in [3.05, 3.63) is 24.0 Å². The monoisotopic (exact) mass is 328 g/mol. The van der Waals surface area contributed by atoms with Crippen LogP contribution in [0.15, 0.2) is 18.5 Å². The molecule has 128 valence electrons. The lowest BCUT2D eigenvalue weighted by Crippen LogP contribution is -2.52. The maximum atomic E-state index is 11.9. The van der Waals surface area contributed by atoms with Crippen molar-refractivity contribution >= 4 is 22.6 Å². The largest absolute Gasteiger partial charge is 0.393 e. The molecule has 1 amide bonds. The molecule has 0 aliphatic heterocycles. The number of carbonyl (C=O) groups is 1. The fraction of sp³-hybridized carbons (Fsp3) is 0.556. The summed E-state index contributed by atoms with van der Waals surface area (Å²) in [4.78, 5) is 19.3. The average Bonchev–Trinajstić information content (AvgIpc) is 3.00. The summed E-state index contributed by atoms with van der Waals surface area (Å²) in [5, 5.41) is 14.9. The number of nitrogens with two attached hydrogens (primary N) is 1. The molecule has 24 heavy (non-hydrogen) atoms. The first-order chi connectivity index (χ1) is 11.5. The quantitative estimate of drug-likeness (QED) is 0.694. The van der Waals surface area contributed by atoms with Gasteiger partial charge in [-0.25, -0.2) is 4.98 Å². The summed E-state index contributed by atoms with van der Waals surface area (Å²) in [5.41, 5.74) is 7.45. The van der Waals surface area contributed by atoms with Gasteiger partial charge in [-0.1, -0.05) is 6.92 Å². The van der Waals surface area contributed by atoms with Gasteiger partial charge in [0.2, 0.25) is 0 Å². The molecule has 2 bridgehead atoms. The molecule has 2 aliphatic carbocycles. The van der Waals surface area contributed by atoms with E-state index in [2.05, 4.69) is 22.2 Å². The number of amides is 1. The number of primary amides is 1. The number of pyridine rings is 1. The highest BCUT2D eigenvalue weighted by Gasteiger charge is 2.45. The molecule has 2 fully saturated rings. The fourth-order valence-corrected chi connectivity index (χ4v) is 4.85. The van der Waals surface area contributed by atoms with Gasteiger partial charge < -0.3 is 21.1 Å². The predicted molar refractivity (Wildman–Crippen MR) is 92.7 cm³/mol. The van der Waals surface area contributed by atoms with E-state index in [1.165, 1.54) is 0 Å². The van der Waals surface area contributed by atoms with Crippen LogP contribution in [0.4, 0.5) is 5.69 Å². The van der Waals surface area contributed by atoms with Crippen molar-refractivity contribution in [3.63, 3.8) is 0 Å². The number of H-pyrrole nitrogens is 1. The summed E-state index contributed by atoms with van der Waals surface area (Å²) < 4.78 is 0. The minimum absolute atomic E-state index is 0.0860. The first-order valence-corrected chi connectivity index (χ1v) is 8.69.